The lowest BCUT2D eigenvalue weighted by Crippen LogP contribution is -2.49. The summed E-state index contributed by atoms with van der Waals surface area (Å²) >= 11 is 0. The Kier molecular flexibility index (Phi) is 6.98. The van der Waals surface area contributed by atoms with Crippen molar-refractivity contribution < 1.29 is 13.2 Å². The zero-order valence-corrected chi connectivity index (χ0v) is 19.8. The van der Waals surface area contributed by atoms with Crippen molar-refractivity contribution in [1.82, 2.24) is 14.1 Å². The first-order valence-electron chi connectivity index (χ1n) is 11.5. The van der Waals surface area contributed by atoms with Crippen LogP contribution in [0.4, 0.5) is 0 Å². The molecular formula is C25H33N3O3S. The van der Waals surface area contributed by atoms with Crippen LogP contribution >= 0.6 is 0 Å². The Bertz CT molecular complexity index is 1020. The third-order valence-corrected chi connectivity index (χ3v) is 8.82. The van der Waals surface area contributed by atoms with Crippen molar-refractivity contribution in [2.24, 2.45) is 0 Å². The number of benzene rings is 2. The Morgan fingerprint density at radius 1 is 0.938 bits per heavy atom. The Labute approximate surface area is 191 Å². The average Bonchev–Trinajstić information content (AvgIpc) is 2.84. The van der Waals surface area contributed by atoms with E-state index in [1.165, 1.54) is 10.7 Å². The largest absolute Gasteiger partial charge is 0.329 e. The molecule has 7 heteroatoms. The van der Waals surface area contributed by atoms with Crippen LogP contribution < -0.4 is 0 Å². The van der Waals surface area contributed by atoms with Gasteiger partial charge in [0.2, 0.25) is 10.0 Å². The van der Waals surface area contributed by atoms with Gasteiger partial charge in [-0.05, 0) is 49.7 Å². The minimum Gasteiger partial charge on any atom is -0.329 e. The summed E-state index contributed by atoms with van der Waals surface area (Å²) in [4.78, 5) is 17.8. The number of amides is 1. The zero-order chi connectivity index (χ0) is 22.7. The molecule has 2 aliphatic rings. The first-order chi connectivity index (χ1) is 15.4. The summed E-state index contributed by atoms with van der Waals surface area (Å²) in [6.45, 7) is 2.22. The molecule has 0 radical (unpaired) electrons. The van der Waals surface area contributed by atoms with Crippen LogP contribution in [0.5, 0.6) is 0 Å². The molecule has 1 amide bonds. The number of hydrogen-bond donors (Lipinski definition) is 0. The molecule has 1 aliphatic carbocycles. The van der Waals surface area contributed by atoms with Crippen molar-refractivity contribution in [2.45, 2.75) is 49.1 Å². The van der Waals surface area contributed by atoms with Gasteiger partial charge in [-0.25, -0.2) is 8.42 Å². The number of carbonyl (C=O) groups is 1. The second kappa shape index (κ2) is 9.73. The number of hydrogen-bond acceptors (Lipinski definition) is 4. The predicted octanol–water partition coefficient (Wildman–Crippen LogP) is 3.77. The van der Waals surface area contributed by atoms with E-state index in [0.29, 0.717) is 12.1 Å². The number of sulfonamides is 1. The molecular weight excluding hydrogens is 422 g/mol. The van der Waals surface area contributed by atoms with E-state index in [4.69, 9.17) is 0 Å². The minimum absolute atomic E-state index is 0.0247. The summed E-state index contributed by atoms with van der Waals surface area (Å²) in [7, 11) is 0.184. The van der Waals surface area contributed by atoms with E-state index in [1.54, 1.807) is 31.3 Å². The van der Waals surface area contributed by atoms with Crippen molar-refractivity contribution in [2.75, 3.05) is 33.7 Å². The fourth-order valence-electron chi connectivity index (χ4n) is 4.87. The van der Waals surface area contributed by atoms with Gasteiger partial charge in [-0.3, -0.25) is 4.79 Å². The third-order valence-electron chi connectivity index (χ3n) is 6.90. The molecule has 32 heavy (non-hydrogen) atoms. The number of carbonyl (C=O) groups excluding carboxylic acids is 1. The lowest BCUT2D eigenvalue weighted by Gasteiger charge is -2.40. The second-order valence-corrected chi connectivity index (χ2v) is 11.0. The van der Waals surface area contributed by atoms with Crippen LogP contribution in [0.3, 0.4) is 0 Å². The highest BCUT2D eigenvalue weighted by Crippen LogP contribution is 2.29. The molecule has 1 unspecified atom stereocenters. The second-order valence-electron chi connectivity index (χ2n) is 9.02. The number of piperazine rings is 1. The van der Waals surface area contributed by atoms with Gasteiger partial charge in [0, 0.05) is 38.3 Å². The minimum atomic E-state index is -3.57. The predicted molar refractivity (Wildman–Crippen MR) is 126 cm³/mol. The van der Waals surface area contributed by atoms with Crippen LogP contribution in [0.15, 0.2) is 59.5 Å². The van der Waals surface area contributed by atoms with Gasteiger partial charge in [0.25, 0.3) is 5.91 Å². The Hall–Kier alpha value is -2.22. The molecule has 2 fully saturated rings. The average molecular weight is 456 g/mol. The highest BCUT2D eigenvalue weighted by atomic mass is 32.2. The van der Waals surface area contributed by atoms with Crippen molar-refractivity contribution in [3.8, 4) is 0 Å². The molecule has 2 aromatic rings. The third kappa shape index (κ3) is 4.75. The molecule has 0 bridgehead atoms. The van der Waals surface area contributed by atoms with Crippen LogP contribution in [0.2, 0.25) is 0 Å². The maximum atomic E-state index is 13.4. The first-order valence-corrected chi connectivity index (χ1v) is 12.9. The maximum absolute atomic E-state index is 13.4. The molecule has 0 aromatic heterocycles. The monoisotopic (exact) mass is 455 g/mol. The van der Waals surface area contributed by atoms with E-state index < -0.39 is 10.0 Å². The van der Waals surface area contributed by atoms with Crippen LogP contribution in [0, 0.1) is 0 Å². The van der Waals surface area contributed by atoms with Crippen molar-refractivity contribution >= 4 is 15.9 Å². The SMILES string of the molecule is CN1CCN(C(=O)c2ccc(S(=O)(=O)N(C)C3CCCCC3)cc2)C(c2ccccc2)C1. The van der Waals surface area contributed by atoms with Gasteiger partial charge in [0.15, 0.2) is 0 Å². The van der Waals surface area contributed by atoms with E-state index in [1.807, 2.05) is 23.1 Å². The molecule has 1 saturated heterocycles. The first kappa shape index (κ1) is 23.0. The lowest BCUT2D eigenvalue weighted by molar-refractivity contribution is 0.0498. The molecule has 1 atom stereocenters. The fraction of sp³-hybridized carbons (Fsp3) is 0.480. The zero-order valence-electron chi connectivity index (χ0n) is 19.0. The van der Waals surface area contributed by atoms with E-state index in [0.717, 1.165) is 44.3 Å². The topological polar surface area (TPSA) is 60.9 Å². The van der Waals surface area contributed by atoms with Gasteiger partial charge >= 0.3 is 0 Å². The molecule has 2 aromatic carbocycles. The Morgan fingerprint density at radius 2 is 1.59 bits per heavy atom. The summed E-state index contributed by atoms with van der Waals surface area (Å²) in [5, 5.41) is 0. The van der Waals surface area contributed by atoms with E-state index in [9.17, 15) is 13.2 Å². The highest BCUT2D eigenvalue weighted by Gasteiger charge is 2.32. The van der Waals surface area contributed by atoms with Gasteiger partial charge in [-0.2, -0.15) is 4.31 Å². The molecule has 6 nitrogen and oxygen atoms in total. The normalized spacial score (nSPS) is 21.1. The van der Waals surface area contributed by atoms with Crippen LogP contribution in [0.25, 0.3) is 0 Å². The number of rotatable bonds is 5. The van der Waals surface area contributed by atoms with E-state index in [-0.39, 0.29) is 22.9 Å². The smallest absolute Gasteiger partial charge is 0.254 e. The molecule has 1 saturated carbocycles. The quantitative estimate of drug-likeness (QED) is 0.689. The standard InChI is InChI=1S/C25H33N3O3S/c1-26-17-18-28(24(19-26)20-9-5-3-6-10-20)25(29)21-13-15-23(16-14-21)32(30,31)27(2)22-11-7-4-8-12-22/h3,5-6,9-10,13-16,22,24H,4,7-8,11-12,17-19H2,1-2H3. The van der Waals surface area contributed by atoms with Gasteiger partial charge < -0.3 is 9.80 Å². The Morgan fingerprint density at radius 3 is 2.25 bits per heavy atom. The number of likely N-dealkylation sites (N-methyl/N-ethyl adjacent to an activating group) is 1. The summed E-state index contributed by atoms with van der Waals surface area (Å²) < 4.78 is 27.7. The van der Waals surface area contributed by atoms with Crippen molar-refractivity contribution in [1.29, 1.82) is 0 Å². The summed E-state index contributed by atoms with van der Waals surface area (Å²) in [5.41, 5.74) is 1.63. The van der Waals surface area contributed by atoms with E-state index >= 15 is 0 Å². The van der Waals surface area contributed by atoms with Crippen molar-refractivity contribution in [3.63, 3.8) is 0 Å². The van der Waals surface area contributed by atoms with Gasteiger partial charge in [-0.1, -0.05) is 49.6 Å². The Balaban J connectivity index is 1.53. The van der Waals surface area contributed by atoms with Crippen molar-refractivity contribution in [3.05, 3.63) is 65.7 Å². The fourth-order valence-corrected chi connectivity index (χ4v) is 6.28. The number of nitrogens with zero attached hydrogens (tertiary/aromatic N) is 3. The van der Waals surface area contributed by atoms with Crippen LogP contribution in [-0.4, -0.2) is 68.2 Å². The molecule has 172 valence electrons. The highest BCUT2D eigenvalue weighted by molar-refractivity contribution is 7.89. The molecule has 0 N–H and O–H groups in total. The van der Waals surface area contributed by atoms with Gasteiger partial charge in [0.1, 0.15) is 0 Å². The lowest BCUT2D eigenvalue weighted by atomic mass is 9.96. The van der Waals surface area contributed by atoms with Gasteiger partial charge in [-0.15, -0.1) is 0 Å². The van der Waals surface area contributed by atoms with Crippen LogP contribution in [0.1, 0.15) is 54.1 Å². The molecule has 1 aliphatic heterocycles. The summed E-state index contributed by atoms with van der Waals surface area (Å²) in [6, 6.07) is 16.6. The summed E-state index contributed by atoms with van der Waals surface area (Å²) in [6.07, 6.45) is 5.15. The van der Waals surface area contributed by atoms with Crippen LogP contribution in [-0.2, 0) is 10.0 Å². The van der Waals surface area contributed by atoms with E-state index in [2.05, 4.69) is 24.1 Å². The molecule has 4 rings (SSSR count). The summed E-state index contributed by atoms with van der Waals surface area (Å²) in [5.74, 6) is -0.0588. The van der Waals surface area contributed by atoms with Gasteiger partial charge in [0.05, 0.1) is 10.9 Å². The molecule has 0 spiro atoms. The molecule has 1 heterocycles. The maximum Gasteiger partial charge on any atom is 0.254 e.